The molecule has 2 unspecified atom stereocenters. The molecular weight excluding hydrogens is 1390 g/mol. The van der Waals surface area contributed by atoms with Gasteiger partial charge in [0.05, 0.1) is 48.3 Å². The van der Waals surface area contributed by atoms with Crippen molar-refractivity contribution in [3.8, 4) is 56.3 Å². The molecule has 0 amide bonds. The summed E-state index contributed by atoms with van der Waals surface area (Å²) in [6.07, 6.45) is 7.38. The van der Waals surface area contributed by atoms with Crippen LogP contribution in [0.25, 0.3) is 56.3 Å². The second kappa shape index (κ2) is 38.8. The Balaban J connectivity index is 0.000000187. The number of aldehydes is 1. The average Bonchev–Trinajstić information content (AvgIpc) is 1.53. The molecule has 542 valence electrons. The van der Waals surface area contributed by atoms with Crippen LogP contribution in [-0.4, -0.2) is 124 Å². The molecule has 0 aliphatic heterocycles. The second-order valence-electron chi connectivity index (χ2n) is 22.1. The molecule has 2 atom stereocenters. The largest absolute Gasteiger partial charge is 0.477 e. The Morgan fingerprint density at radius 1 is 0.457 bits per heavy atom. The number of nitrogens with zero attached hydrogens (tertiary/aromatic N) is 7. The summed E-state index contributed by atoms with van der Waals surface area (Å²) >= 11 is 5.10. The Morgan fingerprint density at radius 3 is 1.22 bits per heavy atom. The van der Waals surface area contributed by atoms with Gasteiger partial charge in [-0.05, 0) is 146 Å². The molecule has 0 saturated carbocycles. The molecule has 6 heterocycles. The number of carbonyl (C=O) groups is 5. The Kier molecular flexibility index (Phi) is 29.6. The normalized spacial score (nSPS) is 11.6. The fourth-order valence-corrected chi connectivity index (χ4v) is 9.71. The maximum absolute atomic E-state index is 15.0. The van der Waals surface area contributed by atoms with E-state index >= 15 is 0 Å². The van der Waals surface area contributed by atoms with Crippen LogP contribution >= 0.6 is 12.2 Å². The van der Waals surface area contributed by atoms with Gasteiger partial charge in [-0.2, -0.15) is 35.1 Å². The second-order valence-corrected chi connectivity index (χ2v) is 22.4. The topological polar surface area (TPSA) is 245 Å². The number of hydrogen-bond acceptors (Lipinski definition) is 17. The van der Waals surface area contributed by atoms with Gasteiger partial charge in [0.15, 0.2) is 6.10 Å². The van der Waals surface area contributed by atoms with Gasteiger partial charge in [-0.1, -0.05) is 121 Å². The van der Waals surface area contributed by atoms with Crippen LogP contribution in [0.5, 0.6) is 0 Å². The summed E-state index contributed by atoms with van der Waals surface area (Å²) in [6, 6.07) is 59.4. The molecule has 0 spiro atoms. The molecule has 105 heavy (non-hydrogen) atoms. The fraction of sp³-hybridized carbons (Fsp3) is 0.179. The number of alkyl halides is 8. The number of ether oxygens (including phenoxy) is 4. The molecule has 0 aliphatic rings. The van der Waals surface area contributed by atoms with Crippen LogP contribution in [0.3, 0.4) is 0 Å². The number of aromatic nitrogens is 7. The number of hydrogen-bond donors (Lipinski definition) is 2. The van der Waals surface area contributed by atoms with Crippen LogP contribution in [-0.2, 0) is 51.0 Å². The summed E-state index contributed by atoms with van der Waals surface area (Å²) < 4.78 is 131. The van der Waals surface area contributed by atoms with Crippen molar-refractivity contribution in [1.82, 2.24) is 34.5 Å². The number of rotatable bonds is 22. The summed E-state index contributed by atoms with van der Waals surface area (Å²) in [5.74, 6) is -22.3. The number of carboxylic acids is 1. The van der Waals surface area contributed by atoms with Gasteiger partial charge in [0, 0.05) is 89.6 Å². The van der Waals surface area contributed by atoms with E-state index in [2.05, 4.69) is 44.1 Å². The zero-order valence-corrected chi connectivity index (χ0v) is 57.0. The first-order chi connectivity index (χ1) is 50.3. The number of pyridine rings is 5. The molecule has 18 nitrogen and oxygen atoms in total. The van der Waals surface area contributed by atoms with Crippen LogP contribution in [0.2, 0.25) is 0 Å². The highest BCUT2D eigenvalue weighted by molar-refractivity contribution is 7.80. The Bertz CT molecular complexity index is 4600. The SMILES string of the molecule is CCOC(=O)C(F)(F)C(O)c1cccc(-c2ccccn2)c1.CCOC(=O)C(F)(F)C(OC(=S)n1ccnc1)c1cccc(-c2ccccn2)c1.CCOC(=O)C(F)(F)Cc1cccc(-c2ccccn2)c1.O=C(O)C(F)(F)Cc1cccc(-c2ccccn2)c1.O=Cc1cccc(-c2ccccn2)c1. The van der Waals surface area contributed by atoms with E-state index in [0.717, 1.165) is 23.1 Å². The zero-order chi connectivity index (χ0) is 76.0. The number of aliphatic carboxylic acids is 1. The lowest BCUT2D eigenvalue weighted by molar-refractivity contribution is -0.189. The van der Waals surface area contributed by atoms with E-state index in [9.17, 15) is 64.2 Å². The maximum Gasteiger partial charge on any atom is 0.382 e. The zero-order valence-electron chi connectivity index (χ0n) is 56.2. The highest BCUT2D eigenvalue weighted by Crippen LogP contribution is 2.39. The number of esters is 3. The van der Waals surface area contributed by atoms with Crippen LogP contribution in [0, 0.1) is 0 Å². The summed E-state index contributed by atoms with van der Waals surface area (Å²) in [4.78, 5) is 80.1. The molecule has 0 bridgehead atoms. The van der Waals surface area contributed by atoms with Gasteiger partial charge in [-0.3, -0.25) is 34.3 Å². The van der Waals surface area contributed by atoms with Gasteiger partial charge in [0.25, 0.3) is 5.17 Å². The van der Waals surface area contributed by atoms with Crippen molar-refractivity contribution in [2.45, 2.75) is 69.5 Å². The van der Waals surface area contributed by atoms with E-state index < -0.39 is 72.6 Å². The first kappa shape index (κ1) is 80.2. The first-order valence-electron chi connectivity index (χ1n) is 31.9. The van der Waals surface area contributed by atoms with E-state index in [1.165, 1.54) is 86.5 Å². The molecule has 27 heteroatoms. The lowest BCUT2D eigenvalue weighted by atomic mass is 9.99. The van der Waals surface area contributed by atoms with Gasteiger partial charge in [0.1, 0.15) is 12.6 Å². The van der Waals surface area contributed by atoms with E-state index in [1.807, 2.05) is 42.5 Å². The molecule has 6 aromatic heterocycles. The molecular formula is C78H67F8N7O11S. The summed E-state index contributed by atoms with van der Waals surface area (Å²) in [5.41, 5.74) is 8.19. The predicted molar refractivity (Wildman–Crippen MR) is 377 cm³/mol. The molecule has 0 radical (unpaired) electrons. The third-order valence-corrected chi connectivity index (χ3v) is 14.8. The molecule has 0 fully saturated rings. The summed E-state index contributed by atoms with van der Waals surface area (Å²) in [7, 11) is 0. The third kappa shape index (κ3) is 23.5. The lowest BCUT2D eigenvalue weighted by Gasteiger charge is -2.26. The quantitative estimate of drug-likeness (QED) is 0.0210. The van der Waals surface area contributed by atoms with Gasteiger partial charge in [0.2, 0.25) is 6.10 Å². The standard InChI is InChI=1S/C20H17F2N3O3S.C16H15F2NO3.C16H15F2NO2.C14H11F2NO2.C12H9NO/c1-2-27-18(26)20(21,22)17(28-19(29)25-11-10-23-13-25)15-7-5-6-14(12-15)16-8-3-4-9-24-16;1-2-22-15(21)16(17,18)14(20)12-7-5-6-11(10-12)13-8-3-4-9-19-13;1-2-21-15(20)16(17,18)11-12-6-5-7-13(10-12)14-8-3-4-9-19-14;15-14(16,13(18)19)9-10-4-3-5-11(8-10)12-6-1-2-7-17-12;14-9-10-4-3-5-11(8-10)12-6-1-2-7-13-12/h3-13,17H,2H2,1H3;3-10,14,20H,2H2,1H3;3-10H,2,11H2,1H3;1-8H,9H2,(H,18,19);1-9H. The molecule has 11 rings (SSSR count). The van der Waals surface area contributed by atoms with E-state index in [0.29, 0.717) is 50.6 Å². The number of imidazole rings is 1. The predicted octanol–water partition coefficient (Wildman–Crippen LogP) is 16.1. The van der Waals surface area contributed by atoms with E-state index in [1.54, 1.807) is 158 Å². The van der Waals surface area contributed by atoms with Crippen molar-refractivity contribution in [3.63, 3.8) is 0 Å². The van der Waals surface area contributed by atoms with Crippen molar-refractivity contribution in [3.05, 3.63) is 290 Å². The van der Waals surface area contributed by atoms with E-state index in [-0.39, 0.29) is 41.7 Å². The average molecular weight is 1460 g/mol. The molecule has 5 aromatic carbocycles. The number of halogens is 8. The highest BCUT2D eigenvalue weighted by Gasteiger charge is 2.53. The number of carbonyl (C=O) groups excluding carboxylic acids is 4. The number of aliphatic hydroxyl groups is 1. The van der Waals surface area contributed by atoms with Crippen LogP contribution in [0.15, 0.2) is 262 Å². The van der Waals surface area contributed by atoms with E-state index in [4.69, 9.17) is 22.1 Å². The van der Waals surface area contributed by atoms with Gasteiger partial charge < -0.3 is 29.2 Å². The van der Waals surface area contributed by atoms with Crippen LogP contribution in [0.4, 0.5) is 35.1 Å². The van der Waals surface area contributed by atoms with Crippen molar-refractivity contribution in [1.29, 1.82) is 0 Å². The highest BCUT2D eigenvalue weighted by atomic mass is 32.1. The lowest BCUT2D eigenvalue weighted by Crippen LogP contribution is -2.40. The Labute approximate surface area is 603 Å². The minimum Gasteiger partial charge on any atom is -0.477 e. The van der Waals surface area contributed by atoms with Crippen molar-refractivity contribution >= 4 is 47.6 Å². The molecule has 11 aromatic rings. The van der Waals surface area contributed by atoms with Crippen molar-refractivity contribution in [2.75, 3.05) is 19.8 Å². The molecule has 2 N–H and O–H groups in total. The minimum absolute atomic E-state index is 0.0497. The van der Waals surface area contributed by atoms with Crippen LogP contribution in [0.1, 0.15) is 65.6 Å². The van der Waals surface area contributed by atoms with Crippen molar-refractivity contribution < 1.29 is 88.3 Å². The smallest absolute Gasteiger partial charge is 0.382 e. The summed E-state index contributed by atoms with van der Waals surface area (Å²) in [5, 5.41) is 18.0. The maximum atomic E-state index is 15.0. The van der Waals surface area contributed by atoms with Gasteiger partial charge in [-0.15, -0.1) is 0 Å². The monoisotopic (exact) mass is 1460 g/mol. The van der Waals surface area contributed by atoms with Gasteiger partial charge in [-0.25, -0.2) is 24.2 Å². The number of thiocarbonyl (C=S) groups is 1. The third-order valence-electron chi connectivity index (χ3n) is 14.5. The molecule has 0 aliphatic carbocycles. The van der Waals surface area contributed by atoms with Gasteiger partial charge >= 0.3 is 47.6 Å². The number of benzene rings is 5. The first-order valence-corrected chi connectivity index (χ1v) is 32.4. The molecule has 0 saturated heterocycles. The number of aliphatic hydroxyl groups excluding tert-OH is 1. The minimum atomic E-state index is -4.02. The Morgan fingerprint density at radius 2 is 0.829 bits per heavy atom. The van der Waals surface area contributed by atoms with Crippen LogP contribution < -0.4 is 0 Å². The summed E-state index contributed by atoms with van der Waals surface area (Å²) in [6.45, 7) is 3.91. The van der Waals surface area contributed by atoms with Crippen molar-refractivity contribution in [2.24, 2.45) is 0 Å². The fourth-order valence-electron chi connectivity index (χ4n) is 9.51. The number of carboxylic acid groups (broad SMARTS) is 1. The Hall–Kier alpha value is -12.1.